The van der Waals surface area contributed by atoms with E-state index in [4.69, 9.17) is 5.73 Å². The Morgan fingerprint density at radius 3 is 2.68 bits per heavy atom. The van der Waals surface area contributed by atoms with Crippen molar-refractivity contribution in [1.29, 1.82) is 0 Å². The van der Waals surface area contributed by atoms with E-state index in [1.54, 1.807) is 0 Å². The molecule has 0 amide bonds. The molecule has 0 aliphatic heterocycles. The Kier molecular flexibility index (Phi) is 4.02. The van der Waals surface area contributed by atoms with Gasteiger partial charge in [0.2, 0.25) is 0 Å². The minimum atomic E-state index is 0.150. The number of aryl methyl sites for hydroxylation is 1. The van der Waals surface area contributed by atoms with Crippen molar-refractivity contribution in [2.45, 2.75) is 51.6 Å². The van der Waals surface area contributed by atoms with Gasteiger partial charge in [0.05, 0.1) is 6.20 Å². The summed E-state index contributed by atoms with van der Waals surface area (Å²) in [5.41, 5.74) is 7.98. The molecule has 0 saturated heterocycles. The molecule has 0 bridgehead atoms. The van der Waals surface area contributed by atoms with E-state index in [2.05, 4.69) is 37.1 Å². The lowest BCUT2D eigenvalue weighted by atomic mass is 9.67. The van der Waals surface area contributed by atoms with Gasteiger partial charge in [-0.3, -0.25) is 9.58 Å². The maximum absolute atomic E-state index is 6.16. The fourth-order valence-corrected chi connectivity index (χ4v) is 3.61. The van der Waals surface area contributed by atoms with Crippen molar-refractivity contribution in [1.82, 2.24) is 14.7 Å². The Morgan fingerprint density at radius 2 is 2.16 bits per heavy atom. The molecule has 19 heavy (non-hydrogen) atoms. The fourth-order valence-electron chi connectivity index (χ4n) is 3.61. The summed E-state index contributed by atoms with van der Waals surface area (Å²) in [6.07, 6.45) is 9.04. The predicted octanol–water partition coefficient (Wildman–Crippen LogP) is 2.15. The lowest BCUT2D eigenvalue weighted by Gasteiger charge is -2.49. The molecule has 1 fully saturated rings. The van der Waals surface area contributed by atoms with Crippen molar-refractivity contribution in [3.8, 4) is 0 Å². The van der Waals surface area contributed by atoms with Crippen molar-refractivity contribution in [2.75, 3.05) is 13.6 Å². The predicted molar refractivity (Wildman–Crippen MR) is 78.7 cm³/mol. The minimum absolute atomic E-state index is 0.150. The highest BCUT2D eigenvalue weighted by atomic mass is 15.2. The molecule has 4 heteroatoms. The van der Waals surface area contributed by atoms with Crippen LogP contribution >= 0.6 is 0 Å². The number of likely N-dealkylation sites (N-methyl/N-ethyl adjacent to an activating group) is 1. The van der Waals surface area contributed by atoms with Gasteiger partial charge in [-0.2, -0.15) is 5.10 Å². The Balaban J connectivity index is 2.11. The van der Waals surface area contributed by atoms with E-state index in [1.165, 1.54) is 31.2 Å². The maximum Gasteiger partial charge on any atom is 0.0534 e. The molecule has 1 saturated carbocycles. The molecule has 4 nitrogen and oxygen atoms in total. The molecule has 1 aromatic rings. The zero-order chi connectivity index (χ0) is 14.1. The molecule has 0 radical (unpaired) electrons. The average Bonchev–Trinajstić information content (AvgIpc) is 2.73. The lowest BCUT2D eigenvalue weighted by molar-refractivity contribution is 0.0223. The zero-order valence-corrected chi connectivity index (χ0v) is 12.8. The van der Waals surface area contributed by atoms with Crippen molar-refractivity contribution < 1.29 is 0 Å². The molecule has 2 rings (SSSR count). The molecule has 1 aliphatic carbocycles. The number of nitrogens with zero attached hydrogens (tertiary/aromatic N) is 3. The molecule has 1 unspecified atom stereocenters. The van der Waals surface area contributed by atoms with Gasteiger partial charge in [0.25, 0.3) is 0 Å². The summed E-state index contributed by atoms with van der Waals surface area (Å²) in [4.78, 5) is 2.45. The van der Waals surface area contributed by atoms with Crippen LogP contribution in [-0.4, -0.2) is 33.8 Å². The van der Waals surface area contributed by atoms with Gasteiger partial charge in [-0.1, -0.05) is 20.3 Å². The van der Waals surface area contributed by atoms with Gasteiger partial charge in [-0.15, -0.1) is 0 Å². The number of nitrogens with two attached hydrogens (primary N) is 1. The molecular formula is C15H28N4. The normalized spacial score (nSPS) is 26.8. The van der Waals surface area contributed by atoms with E-state index in [1.807, 2.05) is 17.9 Å². The van der Waals surface area contributed by atoms with Crippen LogP contribution in [0.4, 0.5) is 0 Å². The first-order chi connectivity index (χ1) is 8.87. The van der Waals surface area contributed by atoms with E-state index < -0.39 is 0 Å². The highest BCUT2D eigenvalue weighted by Gasteiger charge is 2.41. The Labute approximate surface area is 117 Å². The van der Waals surface area contributed by atoms with E-state index >= 15 is 0 Å². The molecule has 2 N–H and O–H groups in total. The van der Waals surface area contributed by atoms with Gasteiger partial charge < -0.3 is 5.73 Å². The second-order valence-corrected chi connectivity index (χ2v) is 7.00. The monoisotopic (exact) mass is 264 g/mol. The summed E-state index contributed by atoms with van der Waals surface area (Å²) < 4.78 is 1.86. The summed E-state index contributed by atoms with van der Waals surface area (Å²) in [5.74, 6) is 0. The summed E-state index contributed by atoms with van der Waals surface area (Å²) in [7, 11) is 4.17. The second kappa shape index (κ2) is 5.25. The first kappa shape index (κ1) is 14.5. The number of aromatic nitrogens is 2. The van der Waals surface area contributed by atoms with E-state index in [9.17, 15) is 0 Å². The van der Waals surface area contributed by atoms with Crippen molar-refractivity contribution in [2.24, 2.45) is 18.2 Å². The van der Waals surface area contributed by atoms with Crippen LogP contribution in [-0.2, 0) is 13.6 Å². The molecular weight excluding hydrogens is 236 g/mol. The first-order valence-electron chi connectivity index (χ1n) is 7.26. The van der Waals surface area contributed by atoms with E-state index in [-0.39, 0.29) is 5.54 Å². The molecule has 1 aliphatic rings. The number of rotatable bonds is 4. The highest BCUT2D eigenvalue weighted by molar-refractivity contribution is 5.06. The molecule has 1 atom stereocenters. The summed E-state index contributed by atoms with van der Waals surface area (Å²) in [6, 6.07) is 0. The highest BCUT2D eigenvalue weighted by Crippen LogP contribution is 2.43. The quantitative estimate of drug-likeness (QED) is 0.906. The average molecular weight is 264 g/mol. The van der Waals surface area contributed by atoms with Crippen LogP contribution in [0.3, 0.4) is 0 Å². The lowest BCUT2D eigenvalue weighted by Crippen LogP contribution is -2.55. The standard InChI is InChI=1S/C15H28N4/c1-14(2)6-5-7-15(11-14,12-16)18(3)9-13-8-17-19(4)10-13/h8,10H,5-7,9,11-12,16H2,1-4H3. The van der Waals surface area contributed by atoms with Crippen LogP contribution < -0.4 is 5.73 Å². The van der Waals surface area contributed by atoms with Crippen LogP contribution in [0.2, 0.25) is 0 Å². The topological polar surface area (TPSA) is 47.1 Å². The molecule has 0 spiro atoms. The van der Waals surface area contributed by atoms with Crippen LogP contribution in [0.15, 0.2) is 12.4 Å². The van der Waals surface area contributed by atoms with Gasteiger partial charge >= 0.3 is 0 Å². The Bertz CT molecular complexity index is 424. The molecule has 0 aromatic carbocycles. The third kappa shape index (κ3) is 3.18. The molecule has 1 aromatic heterocycles. The third-order valence-electron chi connectivity index (χ3n) is 4.67. The van der Waals surface area contributed by atoms with Gasteiger partial charge in [0.15, 0.2) is 0 Å². The second-order valence-electron chi connectivity index (χ2n) is 7.00. The van der Waals surface area contributed by atoms with Crippen LogP contribution in [0.25, 0.3) is 0 Å². The molecule has 108 valence electrons. The Hall–Kier alpha value is -0.870. The van der Waals surface area contributed by atoms with Gasteiger partial charge in [-0.05, 0) is 31.7 Å². The van der Waals surface area contributed by atoms with Crippen molar-refractivity contribution >= 4 is 0 Å². The van der Waals surface area contributed by atoms with Crippen molar-refractivity contribution in [3.05, 3.63) is 18.0 Å². The fraction of sp³-hybridized carbons (Fsp3) is 0.800. The third-order valence-corrected chi connectivity index (χ3v) is 4.67. The SMILES string of the molecule is CN(Cc1cnn(C)c1)C1(CN)CCCC(C)(C)C1. The van der Waals surface area contributed by atoms with Crippen LogP contribution in [0, 0.1) is 5.41 Å². The summed E-state index contributed by atoms with van der Waals surface area (Å²) in [6.45, 7) is 6.41. The van der Waals surface area contributed by atoms with Gasteiger partial charge in [-0.25, -0.2) is 0 Å². The Morgan fingerprint density at radius 1 is 1.42 bits per heavy atom. The van der Waals surface area contributed by atoms with Crippen molar-refractivity contribution in [3.63, 3.8) is 0 Å². The van der Waals surface area contributed by atoms with Crippen LogP contribution in [0.5, 0.6) is 0 Å². The van der Waals surface area contributed by atoms with E-state index in [0.717, 1.165) is 13.1 Å². The van der Waals surface area contributed by atoms with Gasteiger partial charge in [0, 0.05) is 37.4 Å². The summed E-state index contributed by atoms with van der Waals surface area (Å²) >= 11 is 0. The smallest absolute Gasteiger partial charge is 0.0534 e. The largest absolute Gasteiger partial charge is 0.329 e. The number of hydrogen-bond donors (Lipinski definition) is 1. The van der Waals surface area contributed by atoms with Gasteiger partial charge in [0.1, 0.15) is 0 Å². The number of hydrogen-bond acceptors (Lipinski definition) is 3. The van der Waals surface area contributed by atoms with E-state index in [0.29, 0.717) is 5.41 Å². The van der Waals surface area contributed by atoms with Crippen LogP contribution in [0.1, 0.15) is 45.1 Å². The zero-order valence-electron chi connectivity index (χ0n) is 12.8. The first-order valence-corrected chi connectivity index (χ1v) is 7.26. The minimum Gasteiger partial charge on any atom is -0.329 e. The molecule has 1 heterocycles. The summed E-state index contributed by atoms with van der Waals surface area (Å²) in [5, 5.41) is 4.25. The maximum atomic E-state index is 6.16.